The van der Waals surface area contributed by atoms with Gasteiger partial charge in [0.1, 0.15) is 23.7 Å². The van der Waals surface area contributed by atoms with Crippen molar-refractivity contribution >= 4 is 40.2 Å². The van der Waals surface area contributed by atoms with Gasteiger partial charge in [-0.1, -0.05) is 36.4 Å². The lowest BCUT2D eigenvalue weighted by Crippen LogP contribution is -2.43. The van der Waals surface area contributed by atoms with Gasteiger partial charge in [0.15, 0.2) is 5.54 Å². The van der Waals surface area contributed by atoms with Crippen LogP contribution in [-0.4, -0.2) is 29.3 Å². The molecule has 0 saturated carbocycles. The van der Waals surface area contributed by atoms with Gasteiger partial charge in [0, 0.05) is 10.3 Å². The molecule has 0 radical (unpaired) electrons. The Hall–Kier alpha value is -3.98. The monoisotopic (exact) mass is 477 g/mol. The fourth-order valence-electron chi connectivity index (χ4n) is 4.02. The molecular weight excluding hydrogens is 457 g/mol. The van der Waals surface area contributed by atoms with Gasteiger partial charge in [-0.25, -0.2) is 9.18 Å². The lowest BCUT2D eigenvalue weighted by molar-refractivity contribution is -0.135. The summed E-state index contributed by atoms with van der Waals surface area (Å²) in [5.41, 5.74) is -0.155. The summed E-state index contributed by atoms with van der Waals surface area (Å²) in [4.78, 5) is 40.6. The molecule has 4 aromatic rings. The molecule has 0 unspecified atom stereocenters. The van der Waals surface area contributed by atoms with Crippen LogP contribution in [0.2, 0.25) is 0 Å². The molecule has 9 heteroatoms. The maximum Gasteiger partial charge on any atom is 0.325 e. The van der Waals surface area contributed by atoms with Gasteiger partial charge in [-0.05, 0) is 48.2 Å². The first-order valence-electron chi connectivity index (χ1n) is 10.6. The third kappa shape index (κ3) is 3.84. The smallest absolute Gasteiger partial charge is 0.325 e. The highest BCUT2D eigenvalue weighted by atomic mass is 32.1. The number of carbonyl (C=O) groups excluding carboxylic acids is 3. The number of fused-ring (bicyclic) bond motifs is 1. The second-order valence-electron chi connectivity index (χ2n) is 8.16. The maximum atomic E-state index is 13.4. The van der Waals surface area contributed by atoms with Crippen molar-refractivity contribution in [1.82, 2.24) is 15.5 Å². The van der Waals surface area contributed by atoms with Crippen LogP contribution in [0.3, 0.4) is 0 Å². The normalized spacial score (nSPS) is 18.8. The second-order valence-corrected chi connectivity index (χ2v) is 9.14. The molecule has 5 rings (SSSR count). The number of carbonyl (C=O) groups is 3. The van der Waals surface area contributed by atoms with Crippen LogP contribution in [0.15, 0.2) is 76.5 Å². The molecule has 0 spiro atoms. The summed E-state index contributed by atoms with van der Waals surface area (Å²) < 4.78 is 19.2. The van der Waals surface area contributed by atoms with Gasteiger partial charge >= 0.3 is 6.03 Å². The topological polar surface area (TPSA) is 91.7 Å². The number of hydrogen-bond donors (Lipinski definition) is 2. The van der Waals surface area contributed by atoms with Crippen molar-refractivity contribution in [2.24, 2.45) is 0 Å². The molecule has 1 aliphatic rings. The van der Waals surface area contributed by atoms with E-state index < -0.39 is 36.0 Å². The highest BCUT2D eigenvalue weighted by Crippen LogP contribution is 2.33. The summed E-state index contributed by atoms with van der Waals surface area (Å²) in [5.74, 6) is -1.21. The molecule has 1 fully saturated rings. The van der Waals surface area contributed by atoms with Crippen LogP contribution in [0, 0.1) is 5.82 Å². The molecule has 0 bridgehead atoms. The minimum atomic E-state index is -1.43. The van der Waals surface area contributed by atoms with Gasteiger partial charge in [-0.3, -0.25) is 14.5 Å². The molecule has 3 heterocycles. The summed E-state index contributed by atoms with van der Waals surface area (Å²) in [7, 11) is 0. The fraction of sp³-hybridized carbons (Fsp3) is 0.160. The van der Waals surface area contributed by atoms with Crippen LogP contribution >= 0.6 is 11.3 Å². The number of para-hydroxylation sites is 1. The van der Waals surface area contributed by atoms with Crippen LogP contribution in [0.5, 0.6) is 0 Å². The summed E-state index contributed by atoms with van der Waals surface area (Å²) in [6, 6.07) is 17.3. The number of hydrogen-bond acceptors (Lipinski definition) is 5. The van der Waals surface area contributed by atoms with Crippen molar-refractivity contribution in [2.45, 2.75) is 18.5 Å². The Morgan fingerprint density at radius 1 is 1.15 bits per heavy atom. The number of amides is 4. The molecule has 1 saturated heterocycles. The molecule has 172 valence electrons. The van der Waals surface area contributed by atoms with Gasteiger partial charge in [0.2, 0.25) is 5.91 Å². The SMILES string of the molecule is C[C@]1(c2cc3ccccc3o2)NC(=O)N(CC(=O)N[C@H](c2ccc(F)cc2)c2cccs2)C1=O. The average Bonchev–Trinajstić information content (AvgIpc) is 3.55. The first-order chi connectivity index (χ1) is 16.3. The predicted octanol–water partition coefficient (Wildman–Crippen LogP) is 4.31. The van der Waals surface area contributed by atoms with Gasteiger partial charge in [-0.2, -0.15) is 0 Å². The number of benzene rings is 2. The number of nitrogens with zero attached hydrogens (tertiary/aromatic N) is 1. The van der Waals surface area contributed by atoms with E-state index in [0.717, 1.165) is 15.2 Å². The Kier molecular flexibility index (Phi) is 5.41. The van der Waals surface area contributed by atoms with Crippen molar-refractivity contribution < 1.29 is 23.2 Å². The number of halogens is 1. The van der Waals surface area contributed by atoms with Crippen molar-refractivity contribution in [3.8, 4) is 0 Å². The van der Waals surface area contributed by atoms with Crippen LogP contribution in [0.1, 0.15) is 29.2 Å². The number of rotatable bonds is 6. The minimum absolute atomic E-state index is 0.290. The molecule has 1 aliphatic heterocycles. The van der Waals surface area contributed by atoms with Crippen molar-refractivity contribution in [3.05, 3.63) is 94.1 Å². The van der Waals surface area contributed by atoms with Crippen LogP contribution < -0.4 is 10.6 Å². The fourth-order valence-corrected chi connectivity index (χ4v) is 4.82. The number of imide groups is 1. The second kappa shape index (κ2) is 8.42. The van der Waals surface area contributed by atoms with Crippen LogP contribution in [0.4, 0.5) is 9.18 Å². The Bertz CT molecular complexity index is 1350. The molecule has 2 aromatic heterocycles. The average molecular weight is 478 g/mol. The van der Waals surface area contributed by atoms with E-state index in [0.29, 0.717) is 11.1 Å². The molecular formula is C25H20FN3O4S. The van der Waals surface area contributed by atoms with Gasteiger partial charge < -0.3 is 15.1 Å². The highest BCUT2D eigenvalue weighted by molar-refractivity contribution is 7.10. The molecule has 0 aliphatic carbocycles. The summed E-state index contributed by atoms with van der Waals surface area (Å²) >= 11 is 1.43. The summed E-state index contributed by atoms with van der Waals surface area (Å²) in [6.07, 6.45) is 0. The molecule has 7 nitrogen and oxygen atoms in total. The van der Waals surface area contributed by atoms with E-state index in [4.69, 9.17) is 4.42 Å². The molecule has 4 amide bonds. The van der Waals surface area contributed by atoms with Crippen molar-refractivity contribution in [1.29, 1.82) is 0 Å². The Balaban J connectivity index is 1.36. The molecule has 2 aromatic carbocycles. The standard InChI is InChI=1S/C25H20FN3O4S/c1-25(20-13-16-5-2-3-6-18(16)33-20)23(31)29(24(32)28-25)14-21(30)27-22(19-7-4-12-34-19)15-8-10-17(26)11-9-15/h2-13,22H,14H2,1H3,(H,27,30)(H,28,32)/t22-,25-/m1/s1. The van der Waals surface area contributed by atoms with E-state index in [-0.39, 0.29) is 11.6 Å². The van der Waals surface area contributed by atoms with E-state index in [1.54, 1.807) is 31.2 Å². The maximum absolute atomic E-state index is 13.4. The summed E-state index contributed by atoms with van der Waals surface area (Å²) in [6.45, 7) is 1.08. The first-order valence-corrected chi connectivity index (χ1v) is 11.4. The van der Waals surface area contributed by atoms with E-state index in [1.807, 2.05) is 35.7 Å². The van der Waals surface area contributed by atoms with Gasteiger partial charge in [-0.15, -0.1) is 11.3 Å². The predicted molar refractivity (Wildman–Crippen MR) is 125 cm³/mol. The number of urea groups is 1. The van der Waals surface area contributed by atoms with E-state index in [9.17, 15) is 18.8 Å². The van der Waals surface area contributed by atoms with Gasteiger partial charge in [0.05, 0.1) is 6.04 Å². The van der Waals surface area contributed by atoms with E-state index in [1.165, 1.54) is 23.5 Å². The minimum Gasteiger partial charge on any atom is -0.458 e. The number of thiophene rings is 1. The molecule has 2 atom stereocenters. The number of furan rings is 1. The zero-order valence-electron chi connectivity index (χ0n) is 18.1. The van der Waals surface area contributed by atoms with Gasteiger partial charge in [0.25, 0.3) is 5.91 Å². The zero-order chi connectivity index (χ0) is 23.9. The largest absolute Gasteiger partial charge is 0.458 e. The third-order valence-electron chi connectivity index (χ3n) is 5.83. The molecule has 2 N–H and O–H groups in total. The Morgan fingerprint density at radius 3 is 2.62 bits per heavy atom. The Labute approximate surface area is 198 Å². The van der Waals surface area contributed by atoms with E-state index in [2.05, 4.69) is 10.6 Å². The zero-order valence-corrected chi connectivity index (χ0v) is 18.9. The van der Waals surface area contributed by atoms with E-state index >= 15 is 0 Å². The highest BCUT2D eigenvalue weighted by Gasteiger charge is 2.51. The lowest BCUT2D eigenvalue weighted by atomic mass is 9.99. The van der Waals surface area contributed by atoms with Crippen molar-refractivity contribution in [2.75, 3.05) is 6.54 Å². The number of nitrogens with one attached hydrogen (secondary N) is 2. The third-order valence-corrected chi connectivity index (χ3v) is 6.77. The Morgan fingerprint density at radius 2 is 1.91 bits per heavy atom. The summed E-state index contributed by atoms with van der Waals surface area (Å²) in [5, 5.41) is 8.19. The molecule has 34 heavy (non-hydrogen) atoms. The van der Waals surface area contributed by atoms with Crippen LogP contribution in [0.25, 0.3) is 11.0 Å². The first kappa shape index (κ1) is 21.8. The quantitative estimate of drug-likeness (QED) is 0.405. The van der Waals surface area contributed by atoms with Crippen LogP contribution in [-0.2, 0) is 15.1 Å². The van der Waals surface area contributed by atoms with Crippen molar-refractivity contribution in [3.63, 3.8) is 0 Å². The lowest BCUT2D eigenvalue weighted by Gasteiger charge is -2.21.